The number of likely N-dealkylation sites (tertiary alicyclic amines) is 1. The summed E-state index contributed by atoms with van der Waals surface area (Å²) in [5.74, 6) is -1.72. The Hall–Kier alpha value is -2.97. The predicted octanol–water partition coefficient (Wildman–Crippen LogP) is 6.51. The van der Waals surface area contributed by atoms with Gasteiger partial charge in [0.2, 0.25) is 0 Å². The number of anilines is 1. The van der Waals surface area contributed by atoms with Gasteiger partial charge in [0, 0.05) is 31.4 Å². The summed E-state index contributed by atoms with van der Waals surface area (Å²) < 4.78 is 153. The third-order valence-electron chi connectivity index (χ3n) is 9.02. The number of benzene rings is 2. The van der Waals surface area contributed by atoms with E-state index >= 15 is 8.78 Å². The maximum absolute atomic E-state index is 15.9. The largest absolute Gasteiger partial charge is 0.435 e. The van der Waals surface area contributed by atoms with Gasteiger partial charge in [0.05, 0.1) is 10.9 Å². The maximum atomic E-state index is 15.9. The molecule has 236 valence electrons. The van der Waals surface area contributed by atoms with Crippen LogP contribution in [0, 0.1) is 5.82 Å². The number of alkyl halides is 8. The first-order valence-corrected chi connectivity index (χ1v) is 15.0. The number of rotatable bonds is 4. The van der Waals surface area contributed by atoms with Crippen LogP contribution in [0.3, 0.4) is 0 Å². The minimum atomic E-state index is -6.40. The molecule has 0 aromatic heterocycles. The van der Waals surface area contributed by atoms with Crippen molar-refractivity contribution in [3.63, 3.8) is 0 Å². The van der Waals surface area contributed by atoms with Crippen LogP contribution in [0.2, 0.25) is 0 Å². The molecule has 5 rings (SSSR count). The number of nitrogens with zero attached hydrogens (tertiary/aromatic N) is 2. The highest BCUT2D eigenvalue weighted by Gasteiger charge is 2.74. The van der Waals surface area contributed by atoms with Crippen molar-refractivity contribution in [2.75, 3.05) is 25.0 Å². The summed E-state index contributed by atoms with van der Waals surface area (Å²) in [5.41, 5.74) is -10.6. The third-order valence-corrected chi connectivity index (χ3v) is 11.6. The first kappa shape index (κ1) is 31.5. The van der Waals surface area contributed by atoms with Crippen molar-refractivity contribution in [1.29, 1.82) is 0 Å². The second-order valence-electron chi connectivity index (χ2n) is 11.4. The van der Waals surface area contributed by atoms with E-state index in [1.165, 1.54) is 7.05 Å². The Bertz CT molecular complexity index is 1510. The summed E-state index contributed by atoms with van der Waals surface area (Å²) in [6.07, 6.45) is -11.8. The number of hydrogen-bond acceptors (Lipinski definition) is 4. The summed E-state index contributed by atoms with van der Waals surface area (Å²) in [6.45, 7) is -0.723. The molecule has 1 aliphatic carbocycles. The summed E-state index contributed by atoms with van der Waals surface area (Å²) in [7, 11) is -3.44. The van der Waals surface area contributed by atoms with Gasteiger partial charge in [-0.25, -0.2) is 21.6 Å². The summed E-state index contributed by atoms with van der Waals surface area (Å²) in [5, 5.41) is 0. The van der Waals surface area contributed by atoms with Crippen molar-refractivity contribution in [3.05, 3.63) is 59.4 Å². The molecule has 0 bridgehead atoms. The zero-order chi connectivity index (χ0) is 31.8. The quantitative estimate of drug-likeness (QED) is 0.282. The number of carbonyl (C=O) groups is 1. The minimum absolute atomic E-state index is 0.0873. The van der Waals surface area contributed by atoms with Crippen molar-refractivity contribution >= 4 is 21.4 Å². The summed E-state index contributed by atoms with van der Waals surface area (Å²) >= 11 is 0. The van der Waals surface area contributed by atoms with Crippen LogP contribution in [-0.2, 0) is 25.0 Å². The van der Waals surface area contributed by atoms with Crippen LogP contribution in [-0.4, -0.2) is 63.4 Å². The molecule has 1 saturated heterocycles. The van der Waals surface area contributed by atoms with Gasteiger partial charge in [0.1, 0.15) is 10.6 Å². The molecule has 0 spiro atoms. The molecule has 15 heteroatoms. The van der Waals surface area contributed by atoms with Gasteiger partial charge in [-0.15, -0.1) is 0 Å². The number of fused-ring (bicyclic) bond motifs is 3. The fraction of sp³-hybridized carbons (Fsp3) is 0.536. The van der Waals surface area contributed by atoms with Crippen LogP contribution >= 0.6 is 0 Å². The number of halogens is 9. The van der Waals surface area contributed by atoms with Gasteiger partial charge in [0.15, 0.2) is 15.5 Å². The number of sulfone groups is 1. The van der Waals surface area contributed by atoms with Gasteiger partial charge >= 0.3 is 18.0 Å². The lowest BCUT2D eigenvalue weighted by Crippen LogP contribution is -2.60. The SMILES string of the molecule is CN1CC2N(C(=O)C3(F)CCCCC3)CCC2(S(=O)(=O)c2ccc(F)cc2)c2ccc(C(F)(C(F)(F)F)C(F)(F)F)cc21. The first-order valence-electron chi connectivity index (χ1n) is 13.5. The molecule has 1 saturated carbocycles. The van der Waals surface area contributed by atoms with Crippen molar-refractivity contribution < 1.29 is 52.7 Å². The van der Waals surface area contributed by atoms with E-state index in [1.54, 1.807) is 0 Å². The Kier molecular flexibility index (Phi) is 7.33. The van der Waals surface area contributed by atoms with E-state index in [9.17, 15) is 43.9 Å². The molecular formula is C28H27F9N2O3S. The first-order chi connectivity index (χ1) is 19.8. The zero-order valence-corrected chi connectivity index (χ0v) is 23.5. The normalized spacial score (nSPS) is 24.5. The lowest BCUT2D eigenvalue weighted by Gasteiger charge is -2.47. The maximum Gasteiger partial charge on any atom is 0.435 e. The highest BCUT2D eigenvalue weighted by molar-refractivity contribution is 7.92. The lowest BCUT2D eigenvalue weighted by atomic mass is 9.81. The van der Waals surface area contributed by atoms with Crippen molar-refractivity contribution in [2.45, 2.75) is 77.9 Å². The summed E-state index contributed by atoms with van der Waals surface area (Å²) in [6, 6.07) is 3.54. The van der Waals surface area contributed by atoms with E-state index in [0.29, 0.717) is 31.4 Å². The number of hydrogen-bond donors (Lipinski definition) is 0. The monoisotopic (exact) mass is 642 g/mol. The molecule has 0 N–H and O–H groups in total. The van der Waals surface area contributed by atoms with Gasteiger partial charge in [-0.05, 0) is 68.0 Å². The molecule has 0 radical (unpaired) electrons. The Morgan fingerprint density at radius 1 is 0.884 bits per heavy atom. The van der Waals surface area contributed by atoms with Crippen LogP contribution in [0.5, 0.6) is 0 Å². The molecule has 2 unspecified atom stereocenters. The zero-order valence-electron chi connectivity index (χ0n) is 22.7. The van der Waals surface area contributed by atoms with Crippen molar-refractivity contribution in [1.82, 2.24) is 4.90 Å². The number of likely N-dealkylation sites (N-methyl/N-ethyl adjacent to an activating group) is 1. The van der Waals surface area contributed by atoms with Crippen LogP contribution in [0.1, 0.15) is 49.7 Å². The molecule has 3 aliphatic rings. The molecule has 2 heterocycles. The Balaban J connectivity index is 1.73. The second kappa shape index (κ2) is 10.0. The Morgan fingerprint density at radius 2 is 1.47 bits per heavy atom. The average molecular weight is 643 g/mol. The smallest absolute Gasteiger partial charge is 0.372 e. The van der Waals surface area contributed by atoms with E-state index in [2.05, 4.69) is 0 Å². The molecule has 2 aromatic carbocycles. The van der Waals surface area contributed by atoms with Gasteiger partial charge in [-0.2, -0.15) is 26.3 Å². The minimum Gasteiger partial charge on any atom is -0.372 e. The third kappa shape index (κ3) is 4.50. The van der Waals surface area contributed by atoms with Crippen LogP contribution in [0.15, 0.2) is 47.4 Å². The van der Waals surface area contributed by atoms with Crippen molar-refractivity contribution in [3.8, 4) is 0 Å². The van der Waals surface area contributed by atoms with E-state index in [-0.39, 0.29) is 31.0 Å². The van der Waals surface area contributed by atoms with Gasteiger partial charge in [-0.3, -0.25) is 4.79 Å². The molecule has 43 heavy (non-hydrogen) atoms. The fourth-order valence-electron chi connectivity index (χ4n) is 6.80. The molecule has 2 aromatic rings. The molecule has 5 nitrogen and oxygen atoms in total. The van der Waals surface area contributed by atoms with E-state index in [0.717, 1.165) is 34.1 Å². The van der Waals surface area contributed by atoms with Gasteiger partial charge in [0.25, 0.3) is 5.91 Å². The number of carbonyl (C=O) groups excluding carboxylic acids is 1. The number of amides is 1. The van der Waals surface area contributed by atoms with Crippen LogP contribution < -0.4 is 4.90 Å². The molecular weight excluding hydrogens is 615 g/mol. The molecule has 2 atom stereocenters. The highest BCUT2D eigenvalue weighted by atomic mass is 32.2. The van der Waals surface area contributed by atoms with E-state index < -0.39 is 85.2 Å². The molecule has 2 aliphatic heterocycles. The average Bonchev–Trinajstić information content (AvgIpc) is 3.32. The second-order valence-corrected chi connectivity index (χ2v) is 13.6. The van der Waals surface area contributed by atoms with Gasteiger partial charge in [-0.1, -0.05) is 18.6 Å². The Morgan fingerprint density at radius 3 is 2.02 bits per heavy atom. The van der Waals surface area contributed by atoms with E-state index in [4.69, 9.17) is 0 Å². The topological polar surface area (TPSA) is 57.7 Å². The Labute approximate surface area is 241 Å². The predicted molar refractivity (Wildman–Crippen MR) is 137 cm³/mol. The molecule has 2 fully saturated rings. The van der Waals surface area contributed by atoms with Crippen LogP contribution in [0.4, 0.5) is 45.2 Å². The standard InChI is InChI=1S/C28H27F9N2O3S/c1-38-16-22-25(43(41,42)19-8-6-18(29)7-9-19,13-14-39(22)23(40)24(30)11-3-2-4-12-24)20-10-5-17(15-21(20)38)26(31,27(32,33)34)28(35,36)37/h5-10,15,22H,2-4,11-14,16H2,1H3. The lowest BCUT2D eigenvalue weighted by molar-refractivity contribution is -0.348. The summed E-state index contributed by atoms with van der Waals surface area (Å²) in [4.78, 5) is 15.4. The molecule has 1 amide bonds. The highest BCUT2D eigenvalue weighted by Crippen LogP contribution is 2.58. The fourth-order valence-corrected chi connectivity index (χ4v) is 9.09. The van der Waals surface area contributed by atoms with Crippen molar-refractivity contribution in [2.24, 2.45) is 0 Å². The van der Waals surface area contributed by atoms with Crippen LogP contribution in [0.25, 0.3) is 0 Å². The van der Waals surface area contributed by atoms with E-state index in [1.807, 2.05) is 0 Å². The van der Waals surface area contributed by atoms with Gasteiger partial charge < -0.3 is 9.80 Å².